The van der Waals surface area contributed by atoms with Gasteiger partial charge in [0, 0.05) is 18.8 Å². The first-order chi connectivity index (χ1) is 7.58. The van der Waals surface area contributed by atoms with Gasteiger partial charge in [0.25, 0.3) is 0 Å². The Hall–Kier alpha value is -1.28. The summed E-state index contributed by atoms with van der Waals surface area (Å²) in [6, 6.07) is 6.18. The molecule has 0 aliphatic rings. The molecule has 0 saturated heterocycles. The van der Waals surface area contributed by atoms with Crippen LogP contribution in [-0.4, -0.2) is 18.2 Å². The van der Waals surface area contributed by atoms with Crippen LogP contribution in [0, 0.1) is 6.92 Å². The van der Waals surface area contributed by atoms with Crippen LogP contribution >= 0.6 is 0 Å². The van der Waals surface area contributed by atoms with E-state index in [4.69, 9.17) is 5.11 Å². The van der Waals surface area contributed by atoms with Crippen LogP contribution in [0.2, 0.25) is 0 Å². The molecule has 0 fully saturated rings. The van der Waals surface area contributed by atoms with E-state index in [0.717, 1.165) is 29.8 Å². The molecule has 0 aliphatic carbocycles. The molecule has 0 amide bonds. The normalized spacial score (nSPS) is 10.2. The Morgan fingerprint density at radius 2 is 2.12 bits per heavy atom. The second-order valence-electron chi connectivity index (χ2n) is 4.24. The number of hydrogen-bond acceptors (Lipinski definition) is 2. The monoisotopic (exact) mass is 219 g/mol. The minimum absolute atomic E-state index is 0.110. The Labute approximate surface area is 98.2 Å². The van der Waals surface area contributed by atoms with Crippen LogP contribution in [0.15, 0.2) is 30.4 Å². The molecular formula is C14H21NO. The summed E-state index contributed by atoms with van der Waals surface area (Å²) in [5.41, 5.74) is 4.49. The molecule has 2 nitrogen and oxygen atoms in total. The van der Waals surface area contributed by atoms with Crippen LogP contribution in [0.25, 0.3) is 0 Å². The fourth-order valence-electron chi connectivity index (χ4n) is 1.77. The molecule has 16 heavy (non-hydrogen) atoms. The van der Waals surface area contributed by atoms with Crippen LogP contribution in [-0.2, 0) is 6.61 Å². The molecule has 0 aliphatic heterocycles. The van der Waals surface area contributed by atoms with Crippen molar-refractivity contribution in [1.29, 1.82) is 0 Å². The number of likely N-dealkylation sites (N-methyl/N-ethyl adjacent to an activating group) is 1. The summed E-state index contributed by atoms with van der Waals surface area (Å²) in [6.07, 6.45) is 0. The van der Waals surface area contributed by atoms with Gasteiger partial charge in [-0.3, -0.25) is 0 Å². The number of aliphatic hydroxyl groups is 1. The Bertz CT molecular complexity index is 371. The van der Waals surface area contributed by atoms with E-state index in [1.807, 2.05) is 19.9 Å². The van der Waals surface area contributed by atoms with Crippen molar-refractivity contribution < 1.29 is 5.11 Å². The van der Waals surface area contributed by atoms with E-state index in [0.29, 0.717) is 0 Å². The molecule has 0 heterocycles. The second-order valence-corrected chi connectivity index (χ2v) is 4.24. The zero-order valence-electron chi connectivity index (χ0n) is 10.5. The molecule has 0 spiro atoms. The number of hydrogen-bond donors (Lipinski definition) is 1. The van der Waals surface area contributed by atoms with E-state index in [1.165, 1.54) is 5.69 Å². The van der Waals surface area contributed by atoms with Gasteiger partial charge in [-0.25, -0.2) is 0 Å². The van der Waals surface area contributed by atoms with Gasteiger partial charge in [-0.15, -0.1) is 0 Å². The summed E-state index contributed by atoms with van der Waals surface area (Å²) in [4.78, 5) is 2.27. The number of nitrogens with zero attached hydrogens (tertiary/aromatic N) is 1. The first-order valence-corrected chi connectivity index (χ1v) is 5.68. The van der Waals surface area contributed by atoms with Crippen molar-refractivity contribution in [2.24, 2.45) is 0 Å². The van der Waals surface area contributed by atoms with Gasteiger partial charge in [0.15, 0.2) is 0 Å². The average molecular weight is 219 g/mol. The summed E-state index contributed by atoms with van der Waals surface area (Å²) < 4.78 is 0. The number of anilines is 1. The maximum Gasteiger partial charge on any atom is 0.0684 e. The van der Waals surface area contributed by atoms with E-state index < -0.39 is 0 Å². The lowest BCUT2D eigenvalue weighted by Gasteiger charge is -2.24. The average Bonchev–Trinajstić information content (AvgIpc) is 2.25. The largest absolute Gasteiger partial charge is 0.392 e. The molecule has 0 saturated carbocycles. The first-order valence-electron chi connectivity index (χ1n) is 5.68. The second kappa shape index (κ2) is 5.71. The van der Waals surface area contributed by atoms with Crippen molar-refractivity contribution in [2.75, 3.05) is 18.0 Å². The van der Waals surface area contributed by atoms with Gasteiger partial charge < -0.3 is 10.0 Å². The molecule has 0 atom stereocenters. The molecule has 1 aromatic carbocycles. The third kappa shape index (κ3) is 3.11. The summed E-state index contributed by atoms with van der Waals surface area (Å²) in [7, 11) is 0. The van der Waals surface area contributed by atoms with Gasteiger partial charge in [0.1, 0.15) is 0 Å². The molecular weight excluding hydrogens is 198 g/mol. The van der Waals surface area contributed by atoms with Gasteiger partial charge in [-0.2, -0.15) is 0 Å². The predicted molar refractivity (Wildman–Crippen MR) is 69.8 cm³/mol. The highest BCUT2D eigenvalue weighted by atomic mass is 16.3. The van der Waals surface area contributed by atoms with Gasteiger partial charge in [-0.1, -0.05) is 18.2 Å². The van der Waals surface area contributed by atoms with Gasteiger partial charge in [-0.05, 0) is 44.0 Å². The lowest BCUT2D eigenvalue weighted by atomic mass is 10.1. The molecule has 0 unspecified atom stereocenters. The van der Waals surface area contributed by atoms with Gasteiger partial charge >= 0.3 is 0 Å². The van der Waals surface area contributed by atoms with Crippen LogP contribution in [0.5, 0.6) is 0 Å². The topological polar surface area (TPSA) is 23.5 Å². The summed E-state index contributed by atoms with van der Waals surface area (Å²) in [6.45, 7) is 12.1. The molecule has 0 bridgehead atoms. The third-order valence-electron chi connectivity index (χ3n) is 2.70. The molecule has 1 aromatic rings. The highest BCUT2D eigenvalue weighted by Crippen LogP contribution is 2.19. The van der Waals surface area contributed by atoms with Crippen LogP contribution in [0.3, 0.4) is 0 Å². The Morgan fingerprint density at radius 1 is 1.44 bits per heavy atom. The van der Waals surface area contributed by atoms with Crippen LogP contribution < -0.4 is 4.90 Å². The number of rotatable bonds is 5. The van der Waals surface area contributed by atoms with Crippen molar-refractivity contribution in [3.8, 4) is 0 Å². The molecule has 2 heteroatoms. The van der Waals surface area contributed by atoms with E-state index in [1.54, 1.807) is 0 Å². The smallest absolute Gasteiger partial charge is 0.0684 e. The van der Waals surface area contributed by atoms with Gasteiger partial charge in [0.05, 0.1) is 6.61 Å². The maximum absolute atomic E-state index is 9.12. The molecule has 0 aromatic heterocycles. The Balaban J connectivity index is 2.93. The van der Waals surface area contributed by atoms with Crippen LogP contribution in [0.4, 0.5) is 5.69 Å². The standard InChI is InChI=1S/C14H21NO/c1-5-15(9-11(2)3)14-7-6-13(10-16)12(4)8-14/h6-8,16H,2,5,9-10H2,1,3-4H3. The summed E-state index contributed by atoms with van der Waals surface area (Å²) in [5.74, 6) is 0. The molecule has 88 valence electrons. The lowest BCUT2D eigenvalue weighted by Crippen LogP contribution is -2.24. The minimum Gasteiger partial charge on any atom is -0.392 e. The van der Waals surface area contributed by atoms with Crippen molar-refractivity contribution in [3.05, 3.63) is 41.5 Å². The molecule has 1 rings (SSSR count). The highest BCUT2D eigenvalue weighted by molar-refractivity contribution is 5.51. The number of aliphatic hydroxyl groups excluding tert-OH is 1. The van der Waals surface area contributed by atoms with E-state index >= 15 is 0 Å². The Morgan fingerprint density at radius 3 is 2.56 bits per heavy atom. The third-order valence-corrected chi connectivity index (χ3v) is 2.70. The predicted octanol–water partition coefficient (Wildman–Crippen LogP) is 2.89. The minimum atomic E-state index is 0.110. The van der Waals surface area contributed by atoms with E-state index in [-0.39, 0.29) is 6.61 Å². The fraction of sp³-hybridized carbons (Fsp3) is 0.429. The zero-order chi connectivity index (χ0) is 12.1. The van der Waals surface area contributed by atoms with Crippen molar-refractivity contribution in [2.45, 2.75) is 27.4 Å². The Kier molecular flexibility index (Phi) is 4.56. The number of aryl methyl sites for hydroxylation is 1. The fourth-order valence-corrected chi connectivity index (χ4v) is 1.77. The maximum atomic E-state index is 9.12. The molecule has 0 radical (unpaired) electrons. The van der Waals surface area contributed by atoms with E-state index in [9.17, 15) is 0 Å². The first kappa shape index (κ1) is 12.8. The summed E-state index contributed by atoms with van der Waals surface area (Å²) in [5, 5.41) is 9.12. The number of benzene rings is 1. The van der Waals surface area contributed by atoms with Crippen molar-refractivity contribution in [1.82, 2.24) is 0 Å². The van der Waals surface area contributed by atoms with Gasteiger partial charge in [0.2, 0.25) is 0 Å². The lowest BCUT2D eigenvalue weighted by molar-refractivity contribution is 0.281. The van der Waals surface area contributed by atoms with Crippen molar-refractivity contribution >= 4 is 5.69 Å². The van der Waals surface area contributed by atoms with Crippen molar-refractivity contribution in [3.63, 3.8) is 0 Å². The quantitative estimate of drug-likeness (QED) is 0.770. The SMILES string of the molecule is C=C(C)CN(CC)c1ccc(CO)c(C)c1. The summed E-state index contributed by atoms with van der Waals surface area (Å²) >= 11 is 0. The highest BCUT2D eigenvalue weighted by Gasteiger charge is 2.06. The zero-order valence-corrected chi connectivity index (χ0v) is 10.5. The van der Waals surface area contributed by atoms with E-state index in [2.05, 4.69) is 30.5 Å². The molecule has 1 N–H and O–H groups in total. The van der Waals surface area contributed by atoms with Crippen LogP contribution in [0.1, 0.15) is 25.0 Å².